The number of hydrogen-bond donors (Lipinski definition) is 1. The molecular formula is C21H25N5O3. The Hall–Kier alpha value is -3.13. The quantitative estimate of drug-likeness (QED) is 0.691. The molecule has 1 aliphatic heterocycles. The van der Waals surface area contributed by atoms with E-state index in [-0.39, 0.29) is 17.6 Å². The molecule has 8 nitrogen and oxygen atoms in total. The molecule has 0 unspecified atom stereocenters. The average molecular weight is 395 g/mol. The molecule has 1 N–H and O–H groups in total. The molecule has 1 saturated heterocycles. The second-order valence-corrected chi connectivity index (χ2v) is 7.05. The average Bonchev–Trinajstić information content (AvgIpc) is 3.44. The van der Waals surface area contributed by atoms with Crippen LogP contribution in [-0.4, -0.2) is 47.1 Å². The first-order valence-corrected chi connectivity index (χ1v) is 9.87. The summed E-state index contributed by atoms with van der Waals surface area (Å²) in [5, 5.41) is 11.1. The molecule has 0 radical (unpaired) electrons. The number of anilines is 1. The lowest BCUT2D eigenvalue weighted by Crippen LogP contribution is -2.36. The summed E-state index contributed by atoms with van der Waals surface area (Å²) in [5.74, 6) is 0.255. The molecule has 29 heavy (non-hydrogen) atoms. The SMILES string of the molecule is CCn1cc(-c2cc(C(=O)N[C@H](C)c3ccc(N4CCOCC4)cc3)no2)cn1. The first kappa shape index (κ1) is 19.2. The van der Waals surface area contributed by atoms with Crippen LogP contribution < -0.4 is 10.2 Å². The van der Waals surface area contributed by atoms with E-state index in [9.17, 15) is 4.79 Å². The van der Waals surface area contributed by atoms with Gasteiger partial charge in [-0.05, 0) is 31.5 Å². The van der Waals surface area contributed by atoms with Crippen LogP contribution in [0.1, 0.15) is 35.9 Å². The largest absolute Gasteiger partial charge is 0.378 e. The van der Waals surface area contributed by atoms with E-state index in [4.69, 9.17) is 9.26 Å². The minimum atomic E-state index is -0.271. The van der Waals surface area contributed by atoms with Gasteiger partial charge in [0, 0.05) is 37.6 Å². The molecule has 1 aromatic carbocycles. The summed E-state index contributed by atoms with van der Waals surface area (Å²) in [6, 6.07) is 9.75. The number of aromatic nitrogens is 3. The number of amides is 1. The summed E-state index contributed by atoms with van der Waals surface area (Å²) in [4.78, 5) is 14.9. The Morgan fingerprint density at radius 1 is 1.24 bits per heavy atom. The maximum absolute atomic E-state index is 12.6. The van der Waals surface area contributed by atoms with Crippen molar-refractivity contribution in [1.82, 2.24) is 20.3 Å². The molecule has 4 rings (SSSR count). The fraction of sp³-hybridized carbons (Fsp3) is 0.381. The molecule has 3 aromatic rings. The van der Waals surface area contributed by atoms with Crippen molar-refractivity contribution in [1.29, 1.82) is 0 Å². The summed E-state index contributed by atoms with van der Waals surface area (Å²) in [6.07, 6.45) is 3.56. The van der Waals surface area contributed by atoms with E-state index in [1.807, 2.05) is 32.2 Å². The van der Waals surface area contributed by atoms with Gasteiger partial charge in [-0.25, -0.2) is 0 Å². The van der Waals surface area contributed by atoms with E-state index in [0.29, 0.717) is 5.76 Å². The molecule has 1 amide bonds. The van der Waals surface area contributed by atoms with Crippen LogP contribution in [-0.2, 0) is 11.3 Å². The number of morpholine rings is 1. The second kappa shape index (κ2) is 8.48. The Morgan fingerprint density at radius 2 is 2.00 bits per heavy atom. The summed E-state index contributed by atoms with van der Waals surface area (Å²) in [7, 11) is 0. The number of carbonyl (C=O) groups excluding carboxylic acids is 1. The lowest BCUT2D eigenvalue weighted by molar-refractivity contribution is 0.0931. The third-order valence-corrected chi connectivity index (χ3v) is 5.10. The van der Waals surface area contributed by atoms with Gasteiger partial charge in [0.1, 0.15) is 0 Å². The van der Waals surface area contributed by atoms with Crippen molar-refractivity contribution in [3.8, 4) is 11.3 Å². The first-order chi connectivity index (χ1) is 14.1. The standard InChI is InChI=1S/C21H25N5O3/c1-3-26-14-17(13-22-26)20-12-19(24-29-20)21(27)23-15(2)16-4-6-18(7-5-16)25-8-10-28-11-9-25/h4-7,12-15H,3,8-11H2,1-2H3,(H,23,27)/t15-/m1/s1. The van der Waals surface area contributed by atoms with Crippen molar-refractivity contribution in [2.45, 2.75) is 26.4 Å². The van der Waals surface area contributed by atoms with E-state index < -0.39 is 0 Å². The smallest absolute Gasteiger partial charge is 0.273 e. The van der Waals surface area contributed by atoms with Gasteiger partial charge in [0.15, 0.2) is 11.5 Å². The number of nitrogens with zero attached hydrogens (tertiary/aromatic N) is 4. The van der Waals surface area contributed by atoms with Crippen LogP contribution in [0, 0.1) is 0 Å². The molecule has 3 heterocycles. The lowest BCUT2D eigenvalue weighted by atomic mass is 10.1. The molecule has 2 aromatic heterocycles. The van der Waals surface area contributed by atoms with Gasteiger partial charge in [0.2, 0.25) is 0 Å². The lowest BCUT2D eigenvalue weighted by Gasteiger charge is -2.29. The third-order valence-electron chi connectivity index (χ3n) is 5.10. The third kappa shape index (κ3) is 4.32. The van der Waals surface area contributed by atoms with Gasteiger partial charge in [-0.2, -0.15) is 5.10 Å². The van der Waals surface area contributed by atoms with Crippen molar-refractivity contribution in [2.75, 3.05) is 31.2 Å². The predicted molar refractivity (Wildman–Crippen MR) is 109 cm³/mol. The summed E-state index contributed by atoms with van der Waals surface area (Å²) in [5.41, 5.74) is 3.25. The van der Waals surface area contributed by atoms with Crippen LogP contribution in [0.5, 0.6) is 0 Å². The topological polar surface area (TPSA) is 85.4 Å². The molecule has 152 valence electrons. The predicted octanol–water partition coefficient (Wildman–Crippen LogP) is 2.89. The molecule has 0 aliphatic carbocycles. The van der Waals surface area contributed by atoms with E-state index in [1.165, 1.54) is 5.69 Å². The van der Waals surface area contributed by atoms with Crippen molar-refractivity contribution < 1.29 is 14.1 Å². The molecule has 0 saturated carbocycles. The Balaban J connectivity index is 1.39. The van der Waals surface area contributed by atoms with Crippen LogP contribution in [0.4, 0.5) is 5.69 Å². The minimum absolute atomic E-state index is 0.149. The van der Waals surface area contributed by atoms with Crippen molar-refractivity contribution in [3.05, 3.63) is 54.0 Å². The van der Waals surface area contributed by atoms with Crippen LogP contribution in [0.25, 0.3) is 11.3 Å². The van der Waals surface area contributed by atoms with Crippen molar-refractivity contribution in [2.24, 2.45) is 0 Å². The fourth-order valence-corrected chi connectivity index (χ4v) is 3.33. The highest BCUT2D eigenvalue weighted by Gasteiger charge is 2.18. The molecule has 8 heteroatoms. The molecule has 1 aliphatic rings. The number of benzene rings is 1. The second-order valence-electron chi connectivity index (χ2n) is 7.05. The van der Waals surface area contributed by atoms with E-state index in [2.05, 4.69) is 32.6 Å². The molecule has 0 bridgehead atoms. The molecule has 0 spiro atoms. The highest BCUT2D eigenvalue weighted by Crippen LogP contribution is 2.22. The molecule has 1 atom stereocenters. The van der Waals surface area contributed by atoms with Gasteiger partial charge in [-0.1, -0.05) is 17.3 Å². The number of aryl methyl sites for hydroxylation is 1. The highest BCUT2D eigenvalue weighted by atomic mass is 16.5. The van der Waals surface area contributed by atoms with E-state index in [0.717, 1.165) is 44.0 Å². The van der Waals surface area contributed by atoms with Gasteiger partial charge in [-0.3, -0.25) is 9.48 Å². The number of carbonyl (C=O) groups is 1. The maximum atomic E-state index is 12.6. The normalized spacial score (nSPS) is 15.3. The van der Waals surface area contributed by atoms with Gasteiger partial charge in [0.05, 0.1) is 31.0 Å². The summed E-state index contributed by atoms with van der Waals surface area (Å²) in [6.45, 7) is 8.04. The van der Waals surface area contributed by atoms with E-state index >= 15 is 0 Å². The number of hydrogen-bond acceptors (Lipinski definition) is 6. The Kier molecular flexibility index (Phi) is 5.62. The number of rotatable bonds is 6. The number of nitrogens with one attached hydrogen (secondary N) is 1. The van der Waals surface area contributed by atoms with Crippen LogP contribution in [0.15, 0.2) is 47.2 Å². The Labute approximate surface area is 169 Å². The summed E-state index contributed by atoms with van der Waals surface area (Å²) < 4.78 is 12.5. The molecular weight excluding hydrogens is 370 g/mol. The zero-order valence-corrected chi connectivity index (χ0v) is 16.7. The van der Waals surface area contributed by atoms with Gasteiger partial charge in [-0.15, -0.1) is 0 Å². The zero-order valence-electron chi connectivity index (χ0n) is 16.7. The first-order valence-electron chi connectivity index (χ1n) is 9.87. The zero-order chi connectivity index (χ0) is 20.2. The van der Waals surface area contributed by atoms with Crippen molar-refractivity contribution in [3.63, 3.8) is 0 Å². The van der Waals surface area contributed by atoms with Gasteiger partial charge < -0.3 is 19.5 Å². The highest BCUT2D eigenvalue weighted by molar-refractivity contribution is 5.93. The minimum Gasteiger partial charge on any atom is -0.378 e. The van der Waals surface area contributed by atoms with Gasteiger partial charge in [0.25, 0.3) is 5.91 Å². The Bertz CT molecular complexity index is 957. The monoisotopic (exact) mass is 395 g/mol. The fourth-order valence-electron chi connectivity index (χ4n) is 3.33. The Morgan fingerprint density at radius 3 is 2.69 bits per heavy atom. The maximum Gasteiger partial charge on any atom is 0.273 e. The van der Waals surface area contributed by atoms with Gasteiger partial charge >= 0.3 is 0 Å². The molecule has 1 fully saturated rings. The number of ether oxygens (including phenoxy) is 1. The van der Waals surface area contributed by atoms with Crippen molar-refractivity contribution >= 4 is 11.6 Å². The van der Waals surface area contributed by atoms with Crippen LogP contribution in [0.3, 0.4) is 0 Å². The van der Waals surface area contributed by atoms with Crippen LogP contribution >= 0.6 is 0 Å². The van der Waals surface area contributed by atoms with E-state index in [1.54, 1.807) is 16.9 Å². The summed E-state index contributed by atoms with van der Waals surface area (Å²) >= 11 is 0. The van der Waals surface area contributed by atoms with Crippen LogP contribution in [0.2, 0.25) is 0 Å².